The van der Waals surface area contributed by atoms with Crippen molar-refractivity contribution in [1.29, 1.82) is 0 Å². The minimum absolute atomic E-state index is 0.1000. The van der Waals surface area contributed by atoms with Crippen LogP contribution in [0.2, 0.25) is 5.02 Å². The molecule has 1 saturated heterocycles. The lowest BCUT2D eigenvalue weighted by Gasteiger charge is -2.22. The van der Waals surface area contributed by atoms with Gasteiger partial charge in [-0.2, -0.15) is 0 Å². The summed E-state index contributed by atoms with van der Waals surface area (Å²) in [5.41, 5.74) is 0.736. The van der Waals surface area contributed by atoms with Crippen molar-refractivity contribution in [3.8, 4) is 0 Å². The van der Waals surface area contributed by atoms with E-state index >= 15 is 0 Å². The molecule has 1 aromatic carbocycles. The van der Waals surface area contributed by atoms with Crippen molar-refractivity contribution in [2.45, 2.75) is 19.3 Å². The summed E-state index contributed by atoms with van der Waals surface area (Å²) < 4.78 is 5.43. The van der Waals surface area contributed by atoms with Crippen molar-refractivity contribution >= 4 is 23.2 Å². The number of carbonyl (C=O) groups is 1. The monoisotopic (exact) mass is 296 g/mol. The third-order valence-corrected chi connectivity index (χ3v) is 3.68. The van der Waals surface area contributed by atoms with Gasteiger partial charge in [0, 0.05) is 17.3 Å². The number of nitrogens with one attached hydrogen (secondary N) is 2. The smallest absolute Gasteiger partial charge is 0.250 e. The molecule has 4 nitrogen and oxygen atoms in total. The molecule has 1 aliphatic rings. The molecule has 2 rings (SSSR count). The Morgan fingerprint density at radius 2 is 2.20 bits per heavy atom. The van der Waals surface area contributed by atoms with Crippen LogP contribution in [0.5, 0.6) is 0 Å². The van der Waals surface area contributed by atoms with Gasteiger partial charge < -0.3 is 15.4 Å². The van der Waals surface area contributed by atoms with Crippen LogP contribution < -0.4 is 10.6 Å². The minimum Gasteiger partial charge on any atom is -0.372 e. The zero-order valence-electron chi connectivity index (χ0n) is 11.5. The first-order chi connectivity index (χ1) is 9.74. The van der Waals surface area contributed by atoms with Crippen molar-refractivity contribution < 1.29 is 9.53 Å². The summed E-state index contributed by atoms with van der Waals surface area (Å²) in [5, 5.41) is 6.80. The van der Waals surface area contributed by atoms with Crippen LogP contribution in [0.15, 0.2) is 24.3 Å². The van der Waals surface area contributed by atoms with Crippen molar-refractivity contribution in [3.63, 3.8) is 0 Å². The van der Waals surface area contributed by atoms with Gasteiger partial charge in [-0.05, 0) is 62.5 Å². The number of hydrogen-bond acceptors (Lipinski definition) is 3. The zero-order chi connectivity index (χ0) is 14.2. The van der Waals surface area contributed by atoms with Crippen LogP contribution in [-0.4, -0.2) is 32.2 Å². The molecule has 1 heterocycles. The Hall–Kier alpha value is -1.10. The molecular formula is C15H21ClN2O2. The molecule has 0 radical (unpaired) electrons. The Morgan fingerprint density at radius 1 is 1.40 bits per heavy atom. The van der Waals surface area contributed by atoms with Gasteiger partial charge in [-0.3, -0.25) is 4.79 Å². The van der Waals surface area contributed by atoms with Gasteiger partial charge in [-0.25, -0.2) is 0 Å². The number of ether oxygens (including phenoxy) is 1. The molecule has 0 bridgehead atoms. The molecule has 1 atom stereocenters. The molecule has 5 heteroatoms. The van der Waals surface area contributed by atoms with Crippen LogP contribution in [0.25, 0.3) is 0 Å². The van der Waals surface area contributed by atoms with E-state index in [-0.39, 0.29) is 12.5 Å². The zero-order valence-corrected chi connectivity index (χ0v) is 12.3. The number of carbonyl (C=O) groups excluding carboxylic acids is 1. The van der Waals surface area contributed by atoms with E-state index in [1.54, 1.807) is 24.3 Å². The number of anilines is 1. The van der Waals surface area contributed by atoms with Gasteiger partial charge in [0.25, 0.3) is 0 Å². The highest BCUT2D eigenvalue weighted by molar-refractivity contribution is 6.30. The largest absolute Gasteiger partial charge is 0.372 e. The van der Waals surface area contributed by atoms with E-state index in [2.05, 4.69) is 10.6 Å². The lowest BCUT2D eigenvalue weighted by molar-refractivity contribution is -0.120. The van der Waals surface area contributed by atoms with Crippen molar-refractivity contribution in [2.75, 3.05) is 31.6 Å². The third kappa shape index (κ3) is 5.49. The minimum atomic E-state index is -0.130. The van der Waals surface area contributed by atoms with E-state index in [1.165, 1.54) is 12.8 Å². The molecule has 1 fully saturated rings. The third-order valence-electron chi connectivity index (χ3n) is 3.43. The number of rotatable bonds is 6. The molecule has 1 aliphatic heterocycles. The molecule has 0 aromatic heterocycles. The topological polar surface area (TPSA) is 50.4 Å². The summed E-state index contributed by atoms with van der Waals surface area (Å²) in [4.78, 5) is 11.7. The fourth-order valence-electron chi connectivity index (χ4n) is 2.32. The maximum Gasteiger partial charge on any atom is 0.250 e. The first kappa shape index (κ1) is 15.3. The maximum absolute atomic E-state index is 11.7. The normalized spacial score (nSPS) is 18.8. The van der Waals surface area contributed by atoms with Gasteiger partial charge in [0.15, 0.2) is 0 Å². The van der Waals surface area contributed by atoms with Crippen molar-refractivity contribution in [1.82, 2.24) is 5.32 Å². The average Bonchev–Trinajstić information content (AvgIpc) is 2.47. The molecule has 110 valence electrons. The second-order valence-corrected chi connectivity index (χ2v) is 5.55. The van der Waals surface area contributed by atoms with E-state index in [0.29, 0.717) is 17.5 Å². The average molecular weight is 297 g/mol. The fraction of sp³-hybridized carbons (Fsp3) is 0.533. The summed E-state index contributed by atoms with van der Waals surface area (Å²) in [7, 11) is 0. The highest BCUT2D eigenvalue weighted by Gasteiger charge is 2.12. The summed E-state index contributed by atoms with van der Waals surface area (Å²) in [5.74, 6) is 0.553. The Bertz CT molecular complexity index is 416. The van der Waals surface area contributed by atoms with Crippen LogP contribution >= 0.6 is 11.6 Å². The number of hydrogen-bond donors (Lipinski definition) is 2. The Kier molecular flexibility index (Phi) is 6.30. The lowest BCUT2D eigenvalue weighted by atomic mass is 9.97. The predicted molar refractivity (Wildman–Crippen MR) is 81.1 cm³/mol. The number of benzene rings is 1. The second kappa shape index (κ2) is 8.25. The van der Waals surface area contributed by atoms with Crippen molar-refractivity contribution in [3.05, 3.63) is 29.3 Å². The number of piperidine rings is 1. The fourth-order valence-corrected chi connectivity index (χ4v) is 2.44. The molecule has 1 amide bonds. The molecule has 0 aliphatic carbocycles. The first-order valence-electron chi connectivity index (χ1n) is 7.08. The predicted octanol–water partition coefficient (Wildman–Crippen LogP) is 2.68. The van der Waals surface area contributed by atoms with E-state index in [0.717, 1.165) is 25.2 Å². The Balaban J connectivity index is 1.59. The number of amides is 1. The van der Waals surface area contributed by atoms with E-state index < -0.39 is 0 Å². The molecule has 1 aromatic rings. The summed E-state index contributed by atoms with van der Waals surface area (Å²) >= 11 is 5.78. The van der Waals surface area contributed by atoms with E-state index in [1.807, 2.05) is 0 Å². The van der Waals surface area contributed by atoms with E-state index in [9.17, 15) is 4.79 Å². The quantitative estimate of drug-likeness (QED) is 0.794. The van der Waals surface area contributed by atoms with Gasteiger partial charge in [0.2, 0.25) is 5.91 Å². The van der Waals surface area contributed by atoms with Gasteiger partial charge in [-0.1, -0.05) is 11.6 Å². The van der Waals surface area contributed by atoms with Gasteiger partial charge in [0.05, 0.1) is 0 Å². The summed E-state index contributed by atoms with van der Waals surface area (Å²) in [6.45, 7) is 2.93. The van der Waals surface area contributed by atoms with Crippen LogP contribution in [0.1, 0.15) is 19.3 Å². The molecule has 0 spiro atoms. The lowest BCUT2D eigenvalue weighted by Crippen LogP contribution is -2.30. The Labute approximate surface area is 124 Å². The Morgan fingerprint density at radius 3 is 2.90 bits per heavy atom. The molecule has 1 unspecified atom stereocenters. The SMILES string of the molecule is O=C(COCCC1CCCNC1)Nc1ccc(Cl)cc1. The van der Waals surface area contributed by atoms with Crippen molar-refractivity contribution in [2.24, 2.45) is 5.92 Å². The van der Waals surface area contributed by atoms with E-state index in [4.69, 9.17) is 16.3 Å². The van der Waals surface area contributed by atoms with Crippen LogP contribution in [0, 0.1) is 5.92 Å². The number of halogens is 1. The molecular weight excluding hydrogens is 276 g/mol. The standard InChI is InChI=1S/C15H21ClN2O2/c16-13-3-5-14(6-4-13)18-15(19)11-20-9-7-12-2-1-8-17-10-12/h3-6,12,17H,1-2,7-11H2,(H,18,19). The maximum atomic E-state index is 11.7. The summed E-state index contributed by atoms with van der Waals surface area (Å²) in [6.07, 6.45) is 3.51. The highest BCUT2D eigenvalue weighted by atomic mass is 35.5. The highest BCUT2D eigenvalue weighted by Crippen LogP contribution is 2.14. The van der Waals surface area contributed by atoms with Crippen LogP contribution in [0.3, 0.4) is 0 Å². The summed E-state index contributed by atoms with van der Waals surface area (Å²) in [6, 6.07) is 7.03. The first-order valence-corrected chi connectivity index (χ1v) is 7.46. The molecule has 2 N–H and O–H groups in total. The molecule has 20 heavy (non-hydrogen) atoms. The van der Waals surface area contributed by atoms with Gasteiger partial charge in [-0.15, -0.1) is 0 Å². The van der Waals surface area contributed by atoms with Gasteiger partial charge in [0.1, 0.15) is 6.61 Å². The molecule has 0 saturated carbocycles. The van der Waals surface area contributed by atoms with Crippen LogP contribution in [0.4, 0.5) is 5.69 Å². The van der Waals surface area contributed by atoms with Gasteiger partial charge >= 0.3 is 0 Å². The van der Waals surface area contributed by atoms with Crippen LogP contribution in [-0.2, 0) is 9.53 Å². The second-order valence-electron chi connectivity index (χ2n) is 5.11.